The van der Waals surface area contributed by atoms with E-state index in [1.54, 1.807) is 17.0 Å². The highest BCUT2D eigenvalue weighted by atomic mass is 35.5. The fraction of sp³-hybridized carbons (Fsp3) is 0.579. The van der Waals surface area contributed by atoms with Crippen LogP contribution in [0.3, 0.4) is 0 Å². The summed E-state index contributed by atoms with van der Waals surface area (Å²) in [6.07, 6.45) is 2.76. The number of nitrogens with one attached hydrogen (secondary N) is 1. The van der Waals surface area contributed by atoms with Gasteiger partial charge in [0, 0.05) is 64.3 Å². The minimum absolute atomic E-state index is 0. The van der Waals surface area contributed by atoms with Crippen LogP contribution in [0, 0.1) is 0 Å². The molecule has 2 fully saturated rings. The third-order valence-electron chi connectivity index (χ3n) is 4.42. The number of hydrogen-bond donors (Lipinski definition) is 3. The summed E-state index contributed by atoms with van der Waals surface area (Å²) < 4.78 is 50.1. The molecule has 0 bridgehead atoms. The molecule has 0 aliphatic carbocycles. The Morgan fingerprint density at radius 2 is 1.33 bits per heavy atom. The molecule has 0 aromatic carbocycles. The maximum Gasteiger partial charge on any atom is 0.251 e. The average Bonchev–Trinajstić information content (AvgIpc) is 2.68. The van der Waals surface area contributed by atoms with Crippen molar-refractivity contribution in [3.8, 4) is 0 Å². The Morgan fingerprint density at radius 3 is 1.73 bits per heavy atom. The first kappa shape index (κ1) is 30.8. The Bertz CT molecular complexity index is 797. The van der Waals surface area contributed by atoms with Gasteiger partial charge in [0.25, 0.3) is 11.8 Å². The van der Waals surface area contributed by atoms with Crippen LogP contribution in [0.1, 0.15) is 33.1 Å². The standard InChI is InChI=1S/C9H12F2N4.C5H9F2N.C4H4ClN3.CH4.ClH/c10-9(11)2-5-15(6-3-9)8-13-4-1-7(12)14-8;6-5(7)1-3-8-4-2-5;5-4-7-2-1-3(6)8-4;;/h1,4H,2-3,5-6H2,(H2,12,13,14);8H,1-4H2;1-2H,(H2,6,7,8);1H4;1H. The smallest absolute Gasteiger partial charge is 0.251 e. The van der Waals surface area contributed by atoms with Crippen molar-refractivity contribution in [2.45, 2.75) is 45.0 Å². The van der Waals surface area contributed by atoms with Crippen molar-refractivity contribution in [2.24, 2.45) is 0 Å². The number of nitrogen functional groups attached to an aromatic ring is 2. The summed E-state index contributed by atoms with van der Waals surface area (Å²) in [6.45, 7) is 1.48. The van der Waals surface area contributed by atoms with Gasteiger partial charge in [-0.25, -0.2) is 32.5 Å². The molecule has 4 heterocycles. The van der Waals surface area contributed by atoms with Crippen LogP contribution in [0.15, 0.2) is 24.5 Å². The zero-order valence-electron chi connectivity index (χ0n) is 17.2. The predicted molar refractivity (Wildman–Crippen MR) is 125 cm³/mol. The number of piperidine rings is 2. The Balaban J connectivity index is 0.000000489. The minimum atomic E-state index is -2.54. The van der Waals surface area contributed by atoms with Crippen LogP contribution in [0.4, 0.5) is 35.1 Å². The lowest BCUT2D eigenvalue weighted by Gasteiger charge is -2.31. The maximum atomic E-state index is 12.9. The molecular weight excluding hydrogens is 487 g/mol. The molecule has 0 unspecified atom stereocenters. The van der Waals surface area contributed by atoms with E-state index in [-0.39, 0.29) is 63.9 Å². The van der Waals surface area contributed by atoms with E-state index in [2.05, 4.69) is 25.3 Å². The second-order valence-corrected chi connectivity index (χ2v) is 7.32. The van der Waals surface area contributed by atoms with Gasteiger partial charge in [0.05, 0.1) is 0 Å². The Kier molecular flexibility index (Phi) is 13.2. The zero-order chi connectivity index (χ0) is 22.9. The molecule has 4 rings (SSSR count). The highest BCUT2D eigenvalue weighted by Crippen LogP contribution is 2.29. The number of nitrogens with zero attached hydrogens (tertiary/aromatic N) is 5. The van der Waals surface area contributed by atoms with Gasteiger partial charge < -0.3 is 21.7 Å². The van der Waals surface area contributed by atoms with Crippen LogP contribution < -0.4 is 21.7 Å². The van der Waals surface area contributed by atoms with Crippen LogP contribution in [0.25, 0.3) is 0 Å². The number of aromatic nitrogens is 4. The van der Waals surface area contributed by atoms with E-state index < -0.39 is 11.8 Å². The Labute approximate surface area is 201 Å². The van der Waals surface area contributed by atoms with Crippen LogP contribution in [-0.4, -0.2) is 58.0 Å². The average molecular weight is 517 g/mol. The first-order chi connectivity index (χ1) is 14.6. The van der Waals surface area contributed by atoms with E-state index in [1.807, 2.05) is 0 Å². The molecule has 0 spiro atoms. The van der Waals surface area contributed by atoms with Gasteiger partial charge in [0.1, 0.15) is 11.6 Å². The van der Waals surface area contributed by atoms with Crippen LogP contribution >= 0.6 is 24.0 Å². The van der Waals surface area contributed by atoms with Gasteiger partial charge in [-0.3, -0.25) is 0 Å². The number of hydrogen-bond acceptors (Lipinski definition) is 8. The van der Waals surface area contributed by atoms with E-state index in [0.717, 1.165) is 0 Å². The predicted octanol–water partition coefficient (Wildman–Crippen LogP) is 4.07. The van der Waals surface area contributed by atoms with Crippen molar-refractivity contribution < 1.29 is 17.6 Å². The molecule has 0 radical (unpaired) electrons. The van der Waals surface area contributed by atoms with Gasteiger partial charge in [0.15, 0.2) is 0 Å². The van der Waals surface area contributed by atoms with Gasteiger partial charge in [-0.05, 0) is 23.7 Å². The van der Waals surface area contributed by atoms with Gasteiger partial charge in [-0.15, -0.1) is 12.4 Å². The number of alkyl halides is 4. The SMILES string of the molecule is C.Cl.FC1(F)CCNCC1.Nc1ccnc(Cl)n1.Nc1ccnc(N2CCC(F)(F)CC2)n1. The molecule has 0 saturated carbocycles. The van der Waals surface area contributed by atoms with Crippen LogP contribution in [-0.2, 0) is 0 Å². The van der Waals surface area contributed by atoms with Crippen molar-refractivity contribution in [3.05, 3.63) is 29.8 Å². The number of halogens is 6. The Hall–Kier alpha value is -2.18. The molecule has 2 aliphatic heterocycles. The van der Waals surface area contributed by atoms with Crippen LogP contribution in [0.5, 0.6) is 0 Å². The van der Waals surface area contributed by atoms with E-state index in [0.29, 0.717) is 30.7 Å². The maximum absolute atomic E-state index is 12.9. The molecule has 33 heavy (non-hydrogen) atoms. The number of rotatable bonds is 1. The quantitative estimate of drug-likeness (QED) is 0.383. The van der Waals surface area contributed by atoms with Crippen LogP contribution in [0.2, 0.25) is 5.28 Å². The largest absolute Gasteiger partial charge is 0.384 e. The van der Waals surface area contributed by atoms with E-state index in [1.165, 1.54) is 12.4 Å². The summed E-state index contributed by atoms with van der Waals surface area (Å²) in [6, 6.07) is 3.15. The van der Waals surface area contributed by atoms with Gasteiger partial charge >= 0.3 is 0 Å². The monoisotopic (exact) mass is 516 g/mol. The lowest BCUT2D eigenvalue weighted by Crippen LogP contribution is -2.40. The first-order valence-electron chi connectivity index (χ1n) is 9.60. The highest BCUT2D eigenvalue weighted by Gasteiger charge is 2.34. The van der Waals surface area contributed by atoms with E-state index in [9.17, 15) is 17.6 Å². The summed E-state index contributed by atoms with van der Waals surface area (Å²) in [7, 11) is 0. The second kappa shape index (κ2) is 14.2. The van der Waals surface area contributed by atoms with Gasteiger partial charge in [0.2, 0.25) is 11.2 Å². The van der Waals surface area contributed by atoms with Gasteiger partial charge in [-0.1, -0.05) is 7.43 Å². The lowest BCUT2D eigenvalue weighted by atomic mass is 10.1. The molecule has 0 atom stereocenters. The molecule has 2 aromatic rings. The van der Waals surface area contributed by atoms with E-state index >= 15 is 0 Å². The number of anilines is 3. The van der Waals surface area contributed by atoms with Crippen molar-refractivity contribution in [3.63, 3.8) is 0 Å². The topological polar surface area (TPSA) is 119 Å². The molecule has 2 aromatic heterocycles. The fourth-order valence-corrected chi connectivity index (χ4v) is 2.84. The first-order valence-corrected chi connectivity index (χ1v) is 9.98. The summed E-state index contributed by atoms with van der Waals surface area (Å²) in [5.41, 5.74) is 10.7. The normalized spacial score (nSPS) is 18.2. The molecule has 2 saturated heterocycles. The molecule has 14 heteroatoms. The molecule has 2 aliphatic rings. The molecular formula is C19H30Cl2F4N8. The molecule has 188 valence electrons. The van der Waals surface area contributed by atoms with Crippen molar-refractivity contribution in [1.82, 2.24) is 25.3 Å². The highest BCUT2D eigenvalue weighted by molar-refractivity contribution is 6.28. The minimum Gasteiger partial charge on any atom is -0.384 e. The second-order valence-electron chi connectivity index (χ2n) is 6.98. The van der Waals surface area contributed by atoms with Gasteiger partial charge in [-0.2, -0.15) is 4.98 Å². The third kappa shape index (κ3) is 12.0. The number of nitrogens with two attached hydrogens (primary N) is 2. The summed E-state index contributed by atoms with van der Waals surface area (Å²) in [5.74, 6) is -3.74. The lowest BCUT2D eigenvalue weighted by molar-refractivity contribution is -0.0274. The summed E-state index contributed by atoms with van der Waals surface area (Å²) in [5, 5.41) is 3.05. The van der Waals surface area contributed by atoms with E-state index in [4.69, 9.17) is 23.1 Å². The van der Waals surface area contributed by atoms with Crippen molar-refractivity contribution in [2.75, 3.05) is 42.5 Å². The Morgan fingerprint density at radius 1 is 0.848 bits per heavy atom. The molecule has 0 amide bonds. The molecule has 8 nitrogen and oxygen atoms in total. The van der Waals surface area contributed by atoms with Crippen molar-refractivity contribution in [1.29, 1.82) is 0 Å². The summed E-state index contributed by atoms with van der Waals surface area (Å²) >= 11 is 5.34. The van der Waals surface area contributed by atoms with Crippen molar-refractivity contribution >= 4 is 41.6 Å². The third-order valence-corrected chi connectivity index (χ3v) is 4.61. The molecule has 5 N–H and O–H groups in total. The fourth-order valence-electron chi connectivity index (χ4n) is 2.69. The summed E-state index contributed by atoms with van der Waals surface area (Å²) in [4.78, 5) is 16.9. The zero-order valence-corrected chi connectivity index (χ0v) is 18.7.